The highest BCUT2D eigenvalue weighted by Gasteiger charge is 2.45. The molecule has 38 heavy (non-hydrogen) atoms. The average molecular weight is 512 g/mol. The van der Waals surface area contributed by atoms with E-state index in [4.69, 9.17) is 9.98 Å². The Hall–Kier alpha value is -4.33. The van der Waals surface area contributed by atoms with Crippen LogP contribution in [-0.2, 0) is 6.54 Å². The number of amides is 1. The van der Waals surface area contributed by atoms with Gasteiger partial charge in [-0.1, -0.05) is 54.6 Å². The first kappa shape index (κ1) is 24.0. The lowest BCUT2D eigenvalue weighted by Gasteiger charge is -2.34. The van der Waals surface area contributed by atoms with Gasteiger partial charge in [0.05, 0.1) is 18.6 Å². The van der Waals surface area contributed by atoms with E-state index in [-0.39, 0.29) is 12.5 Å². The second-order valence-corrected chi connectivity index (χ2v) is 10.3. The summed E-state index contributed by atoms with van der Waals surface area (Å²) >= 11 is 0. The van der Waals surface area contributed by atoms with Crippen LogP contribution in [0.5, 0.6) is 0 Å². The van der Waals surface area contributed by atoms with Crippen molar-refractivity contribution in [2.75, 3.05) is 18.0 Å². The number of rotatable bonds is 5. The number of carbonyl (C=O) groups is 1. The highest BCUT2D eigenvalue weighted by molar-refractivity contribution is 6.18. The summed E-state index contributed by atoms with van der Waals surface area (Å²) in [4.78, 5) is 26.9. The van der Waals surface area contributed by atoms with E-state index < -0.39 is 17.2 Å². The summed E-state index contributed by atoms with van der Waals surface area (Å²) in [5.74, 6) is 0.181. The van der Waals surface area contributed by atoms with E-state index in [1.165, 1.54) is 12.1 Å². The minimum Gasteiger partial charge on any atom is -0.305 e. The molecule has 0 spiro atoms. The SMILES string of the molecule is CCN1C(=O)c2nc(-c3ccc(-c4ccccc4)cc3)n(Cc3cc(F)cc(F)c3)c2N2CC(C)(C)N=C12. The maximum absolute atomic E-state index is 14.1. The maximum atomic E-state index is 14.1. The fourth-order valence-electron chi connectivity index (χ4n) is 5.26. The zero-order chi connectivity index (χ0) is 26.6. The number of guanidine groups is 1. The van der Waals surface area contributed by atoms with Crippen molar-refractivity contribution in [3.05, 3.63) is 95.7 Å². The standard InChI is InChI=1S/C30H27F2N5O/c1-4-35-28(38)25-27(37-18-30(2,3)34-29(35)37)36(17-19-14-23(31)16-24(32)15-19)26(33-25)22-12-10-21(11-13-22)20-8-6-5-7-9-20/h5-16H,4,17-18H2,1-3H3. The first-order chi connectivity index (χ1) is 18.2. The highest BCUT2D eigenvalue weighted by Crippen LogP contribution is 2.39. The van der Waals surface area contributed by atoms with Crippen molar-refractivity contribution in [3.63, 3.8) is 0 Å². The third kappa shape index (κ3) is 4.06. The summed E-state index contributed by atoms with van der Waals surface area (Å²) in [5, 5.41) is 0. The van der Waals surface area contributed by atoms with Gasteiger partial charge in [-0.25, -0.2) is 18.8 Å². The van der Waals surface area contributed by atoms with Gasteiger partial charge in [0.1, 0.15) is 23.3 Å². The van der Waals surface area contributed by atoms with Crippen LogP contribution in [0.15, 0.2) is 77.8 Å². The molecule has 0 saturated carbocycles. The number of hydrogen-bond acceptors (Lipinski definition) is 4. The molecule has 3 heterocycles. The van der Waals surface area contributed by atoms with Gasteiger partial charge in [0.2, 0.25) is 5.96 Å². The lowest BCUT2D eigenvalue weighted by molar-refractivity contribution is 0.0841. The van der Waals surface area contributed by atoms with Crippen molar-refractivity contribution < 1.29 is 13.6 Å². The molecule has 2 aliphatic rings. The monoisotopic (exact) mass is 511 g/mol. The largest absolute Gasteiger partial charge is 0.305 e. The number of imidazole rings is 1. The molecular formula is C30H27F2N5O. The number of hydrogen-bond donors (Lipinski definition) is 0. The molecule has 4 aromatic rings. The Kier molecular flexibility index (Phi) is 5.63. The van der Waals surface area contributed by atoms with Crippen molar-refractivity contribution in [2.45, 2.75) is 32.9 Å². The highest BCUT2D eigenvalue weighted by atomic mass is 19.1. The summed E-state index contributed by atoms with van der Waals surface area (Å²) in [6.45, 7) is 7.08. The number of fused-ring (bicyclic) bond motifs is 3. The molecular weight excluding hydrogens is 484 g/mol. The molecule has 0 unspecified atom stereocenters. The Balaban J connectivity index is 1.52. The van der Waals surface area contributed by atoms with E-state index in [0.29, 0.717) is 41.9 Å². The normalized spacial score (nSPS) is 15.9. The van der Waals surface area contributed by atoms with Crippen LogP contribution >= 0.6 is 0 Å². The Morgan fingerprint density at radius 3 is 2.18 bits per heavy atom. The second-order valence-electron chi connectivity index (χ2n) is 10.3. The fourth-order valence-corrected chi connectivity index (χ4v) is 5.26. The van der Waals surface area contributed by atoms with E-state index in [9.17, 15) is 13.6 Å². The van der Waals surface area contributed by atoms with E-state index >= 15 is 0 Å². The van der Waals surface area contributed by atoms with Crippen molar-refractivity contribution in [1.29, 1.82) is 0 Å². The number of carbonyl (C=O) groups excluding carboxylic acids is 1. The first-order valence-electron chi connectivity index (χ1n) is 12.6. The summed E-state index contributed by atoms with van der Waals surface area (Å²) in [7, 11) is 0. The predicted molar refractivity (Wildman–Crippen MR) is 144 cm³/mol. The lowest BCUT2D eigenvalue weighted by Crippen LogP contribution is -2.51. The molecule has 0 radical (unpaired) electrons. The van der Waals surface area contributed by atoms with E-state index in [1.807, 2.05) is 84.8 Å². The molecule has 0 N–H and O–H groups in total. The van der Waals surface area contributed by atoms with Gasteiger partial charge in [0, 0.05) is 18.2 Å². The van der Waals surface area contributed by atoms with Gasteiger partial charge in [-0.2, -0.15) is 0 Å². The van der Waals surface area contributed by atoms with Crippen molar-refractivity contribution in [3.8, 4) is 22.5 Å². The van der Waals surface area contributed by atoms with Crippen LogP contribution in [0.2, 0.25) is 0 Å². The molecule has 6 rings (SSSR count). The zero-order valence-electron chi connectivity index (χ0n) is 21.4. The summed E-state index contributed by atoms with van der Waals surface area (Å²) < 4.78 is 30.2. The van der Waals surface area contributed by atoms with Gasteiger partial charge in [0.25, 0.3) is 5.91 Å². The van der Waals surface area contributed by atoms with E-state index in [1.54, 1.807) is 4.90 Å². The van der Waals surface area contributed by atoms with Crippen LogP contribution < -0.4 is 4.90 Å². The van der Waals surface area contributed by atoms with Crippen LogP contribution in [0.25, 0.3) is 22.5 Å². The molecule has 0 fully saturated rings. The maximum Gasteiger partial charge on any atom is 0.283 e. The predicted octanol–water partition coefficient (Wildman–Crippen LogP) is 5.97. The van der Waals surface area contributed by atoms with Crippen LogP contribution in [-0.4, -0.2) is 44.9 Å². The number of anilines is 1. The number of aromatic nitrogens is 2. The van der Waals surface area contributed by atoms with Gasteiger partial charge in [0.15, 0.2) is 5.69 Å². The van der Waals surface area contributed by atoms with Crippen LogP contribution in [0.3, 0.4) is 0 Å². The quantitative estimate of drug-likeness (QED) is 0.332. The van der Waals surface area contributed by atoms with Crippen molar-refractivity contribution in [1.82, 2.24) is 14.5 Å². The fraction of sp³-hybridized carbons (Fsp3) is 0.233. The first-order valence-corrected chi connectivity index (χ1v) is 12.6. The molecule has 0 bridgehead atoms. The number of benzene rings is 3. The van der Waals surface area contributed by atoms with Gasteiger partial charge in [-0.15, -0.1) is 0 Å². The van der Waals surface area contributed by atoms with Crippen molar-refractivity contribution in [2.24, 2.45) is 4.99 Å². The average Bonchev–Trinajstić information content (AvgIpc) is 3.41. The molecule has 2 aliphatic heterocycles. The van der Waals surface area contributed by atoms with Crippen LogP contribution in [0, 0.1) is 11.6 Å². The molecule has 192 valence electrons. The zero-order valence-corrected chi connectivity index (χ0v) is 21.4. The third-order valence-corrected chi connectivity index (χ3v) is 6.90. The summed E-state index contributed by atoms with van der Waals surface area (Å²) in [6, 6.07) is 21.5. The van der Waals surface area contributed by atoms with Gasteiger partial charge in [-0.3, -0.25) is 14.6 Å². The summed E-state index contributed by atoms with van der Waals surface area (Å²) in [6.07, 6.45) is 0. The van der Waals surface area contributed by atoms with Gasteiger partial charge >= 0.3 is 0 Å². The Morgan fingerprint density at radius 2 is 1.53 bits per heavy atom. The Labute approximate surface area is 219 Å². The topological polar surface area (TPSA) is 53.7 Å². The Bertz CT molecular complexity index is 1550. The Morgan fingerprint density at radius 1 is 0.895 bits per heavy atom. The minimum absolute atomic E-state index is 0.135. The van der Waals surface area contributed by atoms with E-state index in [2.05, 4.69) is 0 Å². The number of halogens is 2. The van der Waals surface area contributed by atoms with Crippen LogP contribution in [0.1, 0.15) is 36.8 Å². The molecule has 1 aromatic heterocycles. The van der Waals surface area contributed by atoms with Gasteiger partial charge in [-0.05, 0) is 49.6 Å². The lowest BCUT2D eigenvalue weighted by atomic mass is 10.0. The number of aliphatic imine (C=N–C) groups is 1. The molecule has 8 heteroatoms. The van der Waals surface area contributed by atoms with Gasteiger partial charge < -0.3 is 4.57 Å². The minimum atomic E-state index is -0.652. The molecule has 3 aromatic carbocycles. The molecule has 6 nitrogen and oxygen atoms in total. The number of nitrogens with zero attached hydrogens (tertiary/aromatic N) is 5. The van der Waals surface area contributed by atoms with E-state index in [0.717, 1.165) is 22.8 Å². The molecule has 1 amide bonds. The molecule has 0 aliphatic carbocycles. The van der Waals surface area contributed by atoms with Crippen molar-refractivity contribution >= 4 is 17.7 Å². The third-order valence-electron chi connectivity index (χ3n) is 6.90. The summed E-state index contributed by atoms with van der Waals surface area (Å²) in [5.41, 5.74) is 3.26. The molecule has 0 saturated heterocycles. The smallest absolute Gasteiger partial charge is 0.283 e. The molecule has 0 atom stereocenters. The second kappa shape index (κ2) is 8.90. The van der Waals surface area contributed by atoms with Crippen LogP contribution in [0.4, 0.5) is 14.6 Å².